The number of hydrogen-bond acceptors (Lipinski definition) is 6. The van der Waals surface area contributed by atoms with E-state index < -0.39 is 23.7 Å². The number of benzene rings is 1. The first kappa shape index (κ1) is 22.2. The second kappa shape index (κ2) is 10.4. The SMILES string of the molecule is COC(=O)C1CC(OCCCOCc2ccccc2)CN1C(=O)OC(C)(C)C. The van der Waals surface area contributed by atoms with Gasteiger partial charge in [0.2, 0.25) is 0 Å². The van der Waals surface area contributed by atoms with Crippen LogP contribution in [0.4, 0.5) is 4.79 Å². The van der Waals surface area contributed by atoms with Crippen LogP contribution in [0.3, 0.4) is 0 Å². The van der Waals surface area contributed by atoms with Gasteiger partial charge in [-0.2, -0.15) is 0 Å². The molecule has 1 amide bonds. The third-order valence-corrected chi connectivity index (χ3v) is 4.26. The summed E-state index contributed by atoms with van der Waals surface area (Å²) in [7, 11) is 1.31. The zero-order valence-corrected chi connectivity index (χ0v) is 17.2. The molecule has 0 saturated carbocycles. The Bertz CT molecular complexity index is 628. The van der Waals surface area contributed by atoms with Gasteiger partial charge in [0.05, 0.1) is 26.4 Å². The number of nitrogens with zero attached hydrogens (tertiary/aromatic N) is 1. The normalized spacial score (nSPS) is 19.5. The quantitative estimate of drug-likeness (QED) is 0.499. The van der Waals surface area contributed by atoms with Crippen molar-refractivity contribution in [3.8, 4) is 0 Å². The van der Waals surface area contributed by atoms with E-state index in [4.69, 9.17) is 18.9 Å². The zero-order chi connectivity index (χ0) is 20.6. The first-order valence-corrected chi connectivity index (χ1v) is 9.61. The Morgan fingerprint density at radius 3 is 2.50 bits per heavy atom. The molecule has 0 aromatic heterocycles. The van der Waals surface area contributed by atoms with Crippen molar-refractivity contribution in [3.63, 3.8) is 0 Å². The Labute approximate surface area is 166 Å². The third kappa shape index (κ3) is 7.13. The number of methoxy groups -OCH3 is 1. The molecule has 1 aromatic rings. The van der Waals surface area contributed by atoms with Gasteiger partial charge < -0.3 is 18.9 Å². The number of carbonyl (C=O) groups is 2. The van der Waals surface area contributed by atoms with Crippen molar-refractivity contribution in [2.24, 2.45) is 0 Å². The largest absolute Gasteiger partial charge is 0.467 e. The summed E-state index contributed by atoms with van der Waals surface area (Å²) in [6.45, 7) is 7.32. The Morgan fingerprint density at radius 1 is 1.14 bits per heavy atom. The summed E-state index contributed by atoms with van der Waals surface area (Å²) in [6, 6.07) is 9.30. The predicted molar refractivity (Wildman–Crippen MR) is 104 cm³/mol. The minimum atomic E-state index is -0.681. The highest BCUT2D eigenvalue weighted by Gasteiger charge is 2.42. The van der Waals surface area contributed by atoms with Gasteiger partial charge in [-0.25, -0.2) is 9.59 Å². The highest BCUT2D eigenvalue weighted by atomic mass is 16.6. The van der Waals surface area contributed by atoms with E-state index in [1.807, 2.05) is 30.3 Å². The fourth-order valence-electron chi connectivity index (χ4n) is 2.98. The van der Waals surface area contributed by atoms with Crippen molar-refractivity contribution in [2.45, 2.75) is 58.0 Å². The molecular weight excluding hydrogens is 362 g/mol. The molecule has 0 radical (unpaired) electrons. The minimum Gasteiger partial charge on any atom is -0.467 e. The Morgan fingerprint density at radius 2 is 1.86 bits per heavy atom. The van der Waals surface area contributed by atoms with Crippen molar-refractivity contribution >= 4 is 12.1 Å². The maximum absolute atomic E-state index is 12.4. The van der Waals surface area contributed by atoms with Crippen LogP contribution in [0.25, 0.3) is 0 Å². The van der Waals surface area contributed by atoms with Gasteiger partial charge in [-0.1, -0.05) is 30.3 Å². The standard InChI is InChI=1S/C21H31NO6/c1-21(2,3)28-20(24)22-14-17(13-18(22)19(23)25-4)27-12-8-11-26-15-16-9-6-5-7-10-16/h5-7,9-10,17-18H,8,11-15H2,1-4H3. The fourth-order valence-corrected chi connectivity index (χ4v) is 2.98. The summed E-state index contributed by atoms with van der Waals surface area (Å²) in [4.78, 5) is 25.8. The summed E-state index contributed by atoms with van der Waals surface area (Å²) in [6.07, 6.45) is 0.376. The highest BCUT2D eigenvalue weighted by molar-refractivity contribution is 5.82. The molecule has 1 fully saturated rings. The van der Waals surface area contributed by atoms with Crippen LogP contribution in [0, 0.1) is 0 Å². The lowest BCUT2D eigenvalue weighted by Gasteiger charge is -2.27. The lowest BCUT2D eigenvalue weighted by Crippen LogP contribution is -2.44. The number of ether oxygens (including phenoxy) is 4. The van der Waals surface area contributed by atoms with Crippen LogP contribution in [0.15, 0.2) is 30.3 Å². The minimum absolute atomic E-state index is 0.231. The summed E-state index contributed by atoms with van der Waals surface area (Å²) < 4.78 is 21.7. The van der Waals surface area contributed by atoms with Crippen molar-refractivity contribution in [3.05, 3.63) is 35.9 Å². The van der Waals surface area contributed by atoms with Gasteiger partial charge >= 0.3 is 12.1 Å². The molecule has 7 heteroatoms. The average Bonchev–Trinajstić information content (AvgIpc) is 3.08. The number of rotatable bonds is 8. The van der Waals surface area contributed by atoms with Crippen molar-refractivity contribution in [1.82, 2.24) is 4.90 Å². The monoisotopic (exact) mass is 393 g/mol. The molecule has 2 atom stereocenters. The Hall–Kier alpha value is -2.12. The van der Waals surface area contributed by atoms with Gasteiger partial charge in [0.25, 0.3) is 0 Å². The second-order valence-corrected chi connectivity index (χ2v) is 7.79. The van der Waals surface area contributed by atoms with Crippen LogP contribution in [0.1, 0.15) is 39.2 Å². The third-order valence-electron chi connectivity index (χ3n) is 4.26. The van der Waals surface area contributed by atoms with Crippen LogP contribution in [0.2, 0.25) is 0 Å². The van der Waals surface area contributed by atoms with E-state index in [-0.39, 0.29) is 6.10 Å². The molecule has 7 nitrogen and oxygen atoms in total. The van der Waals surface area contributed by atoms with E-state index in [9.17, 15) is 9.59 Å². The maximum Gasteiger partial charge on any atom is 0.411 e. The molecule has 28 heavy (non-hydrogen) atoms. The highest BCUT2D eigenvalue weighted by Crippen LogP contribution is 2.24. The molecule has 1 saturated heterocycles. The lowest BCUT2D eigenvalue weighted by atomic mass is 10.2. The molecule has 1 aliphatic heterocycles. The van der Waals surface area contributed by atoms with E-state index in [0.717, 1.165) is 12.0 Å². The maximum atomic E-state index is 12.4. The van der Waals surface area contributed by atoms with Crippen LogP contribution < -0.4 is 0 Å². The average molecular weight is 393 g/mol. The summed E-state index contributed by atoms with van der Waals surface area (Å²) >= 11 is 0. The predicted octanol–water partition coefficient (Wildman–Crippen LogP) is 3.16. The second-order valence-electron chi connectivity index (χ2n) is 7.79. The lowest BCUT2D eigenvalue weighted by molar-refractivity contribution is -0.145. The van der Waals surface area contributed by atoms with Gasteiger partial charge in [0, 0.05) is 19.6 Å². The van der Waals surface area contributed by atoms with Gasteiger partial charge in [-0.3, -0.25) is 4.90 Å². The van der Waals surface area contributed by atoms with E-state index in [1.165, 1.54) is 12.0 Å². The first-order valence-electron chi connectivity index (χ1n) is 9.61. The van der Waals surface area contributed by atoms with Gasteiger partial charge in [0.1, 0.15) is 11.6 Å². The Kier molecular flexibility index (Phi) is 8.26. The summed E-state index contributed by atoms with van der Waals surface area (Å²) in [5, 5.41) is 0. The molecule has 1 aliphatic rings. The van der Waals surface area contributed by atoms with Gasteiger partial charge in [0.15, 0.2) is 0 Å². The fraction of sp³-hybridized carbons (Fsp3) is 0.619. The smallest absolute Gasteiger partial charge is 0.411 e. The molecule has 2 rings (SSSR count). The van der Waals surface area contributed by atoms with Crippen LogP contribution >= 0.6 is 0 Å². The molecule has 2 unspecified atom stereocenters. The molecule has 156 valence electrons. The number of esters is 1. The number of carbonyl (C=O) groups excluding carboxylic acids is 2. The Balaban J connectivity index is 1.74. The molecule has 0 N–H and O–H groups in total. The van der Waals surface area contributed by atoms with Gasteiger partial charge in [-0.15, -0.1) is 0 Å². The molecular formula is C21H31NO6. The van der Waals surface area contributed by atoms with Crippen LogP contribution in [-0.2, 0) is 30.3 Å². The van der Waals surface area contributed by atoms with E-state index in [2.05, 4.69) is 0 Å². The van der Waals surface area contributed by atoms with E-state index >= 15 is 0 Å². The summed E-state index contributed by atoms with van der Waals surface area (Å²) in [5.41, 5.74) is 0.500. The number of hydrogen-bond donors (Lipinski definition) is 0. The molecule has 0 spiro atoms. The molecule has 0 bridgehead atoms. The first-order chi connectivity index (χ1) is 13.3. The number of amides is 1. The van der Waals surface area contributed by atoms with Crippen molar-refractivity contribution < 1.29 is 28.5 Å². The van der Waals surface area contributed by atoms with E-state index in [0.29, 0.717) is 32.8 Å². The van der Waals surface area contributed by atoms with E-state index in [1.54, 1.807) is 20.8 Å². The molecule has 1 heterocycles. The number of likely N-dealkylation sites (tertiary alicyclic amines) is 1. The van der Waals surface area contributed by atoms with Crippen molar-refractivity contribution in [1.29, 1.82) is 0 Å². The zero-order valence-electron chi connectivity index (χ0n) is 17.2. The summed E-state index contributed by atoms with van der Waals surface area (Å²) in [5.74, 6) is -0.455. The molecule has 0 aliphatic carbocycles. The van der Waals surface area contributed by atoms with Crippen molar-refractivity contribution in [2.75, 3.05) is 26.9 Å². The van der Waals surface area contributed by atoms with Crippen LogP contribution in [-0.4, -0.2) is 61.6 Å². The topological polar surface area (TPSA) is 74.3 Å². The molecule has 1 aromatic carbocycles. The van der Waals surface area contributed by atoms with Gasteiger partial charge in [-0.05, 0) is 32.8 Å². The van der Waals surface area contributed by atoms with Crippen LogP contribution in [0.5, 0.6) is 0 Å².